The van der Waals surface area contributed by atoms with Gasteiger partial charge in [-0.2, -0.15) is 5.10 Å². The predicted molar refractivity (Wildman–Crippen MR) is 104 cm³/mol. The van der Waals surface area contributed by atoms with Crippen LogP contribution in [0.25, 0.3) is 0 Å². The standard InChI is InChI=1S/C21H27N5O2/c27-19(8-3-6-17-14-23-24-15-17)26-13-5-10-21(26)9-4-12-25(20(21)28)16-18-7-1-2-11-22-18/h1-2,7,11,14-15H,3-6,8-10,12-13,16H2,(H,23,24). The molecule has 4 rings (SSSR count). The predicted octanol–water partition coefficient (Wildman–Crippen LogP) is 2.31. The number of piperidine rings is 1. The van der Waals surface area contributed by atoms with Crippen molar-refractivity contribution >= 4 is 11.8 Å². The second-order valence-electron chi connectivity index (χ2n) is 7.79. The number of pyridine rings is 1. The molecule has 7 heteroatoms. The molecule has 1 spiro atoms. The minimum absolute atomic E-state index is 0.102. The van der Waals surface area contributed by atoms with Gasteiger partial charge in [-0.25, -0.2) is 0 Å². The van der Waals surface area contributed by atoms with Gasteiger partial charge in [0.2, 0.25) is 11.8 Å². The van der Waals surface area contributed by atoms with Crippen molar-refractivity contribution in [3.05, 3.63) is 48.0 Å². The quantitative estimate of drug-likeness (QED) is 0.832. The number of nitrogens with one attached hydrogen (secondary N) is 1. The molecule has 2 saturated heterocycles. The zero-order chi connectivity index (χ0) is 19.4. The van der Waals surface area contributed by atoms with Crippen molar-refractivity contribution in [2.75, 3.05) is 13.1 Å². The Morgan fingerprint density at radius 3 is 2.82 bits per heavy atom. The maximum absolute atomic E-state index is 13.4. The minimum atomic E-state index is -0.639. The van der Waals surface area contributed by atoms with E-state index in [1.165, 1.54) is 0 Å². The van der Waals surface area contributed by atoms with Gasteiger partial charge in [-0.1, -0.05) is 6.07 Å². The van der Waals surface area contributed by atoms with E-state index in [0.717, 1.165) is 56.3 Å². The topological polar surface area (TPSA) is 82.2 Å². The highest BCUT2D eigenvalue weighted by Crippen LogP contribution is 2.39. The first kappa shape index (κ1) is 18.7. The maximum Gasteiger partial charge on any atom is 0.248 e. The number of aryl methyl sites for hydroxylation is 1. The number of hydrogen-bond acceptors (Lipinski definition) is 4. The molecule has 0 saturated carbocycles. The van der Waals surface area contributed by atoms with Gasteiger partial charge in [0.1, 0.15) is 5.54 Å². The number of likely N-dealkylation sites (tertiary alicyclic amines) is 2. The Kier molecular flexibility index (Phi) is 5.41. The Labute approximate surface area is 165 Å². The van der Waals surface area contributed by atoms with Crippen LogP contribution in [-0.2, 0) is 22.6 Å². The van der Waals surface area contributed by atoms with Crippen molar-refractivity contribution in [1.82, 2.24) is 25.0 Å². The van der Waals surface area contributed by atoms with Crippen LogP contribution in [0.5, 0.6) is 0 Å². The van der Waals surface area contributed by atoms with Gasteiger partial charge in [0.25, 0.3) is 0 Å². The smallest absolute Gasteiger partial charge is 0.248 e. The molecule has 2 aromatic heterocycles. The van der Waals surface area contributed by atoms with Gasteiger partial charge in [0.15, 0.2) is 0 Å². The average molecular weight is 381 g/mol. The Hall–Kier alpha value is -2.70. The molecule has 1 N–H and O–H groups in total. The number of aromatic amines is 1. The first-order valence-corrected chi connectivity index (χ1v) is 10.2. The number of carbonyl (C=O) groups is 2. The summed E-state index contributed by atoms with van der Waals surface area (Å²) in [6.45, 7) is 1.94. The lowest BCUT2D eigenvalue weighted by atomic mass is 9.85. The zero-order valence-electron chi connectivity index (χ0n) is 16.1. The molecule has 28 heavy (non-hydrogen) atoms. The van der Waals surface area contributed by atoms with Crippen LogP contribution in [0.1, 0.15) is 49.8 Å². The van der Waals surface area contributed by atoms with Crippen LogP contribution < -0.4 is 0 Å². The molecule has 2 fully saturated rings. The van der Waals surface area contributed by atoms with Crippen molar-refractivity contribution in [1.29, 1.82) is 0 Å². The first-order chi connectivity index (χ1) is 13.7. The highest BCUT2D eigenvalue weighted by molar-refractivity contribution is 5.92. The molecule has 0 bridgehead atoms. The summed E-state index contributed by atoms with van der Waals surface area (Å²) in [6, 6.07) is 5.77. The van der Waals surface area contributed by atoms with Gasteiger partial charge in [0, 0.05) is 31.9 Å². The van der Waals surface area contributed by atoms with Crippen LogP contribution in [0.15, 0.2) is 36.8 Å². The summed E-state index contributed by atoms with van der Waals surface area (Å²) in [5.41, 5.74) is 1.36. The largest absolute Gasteiger partial charge is 0.335 e. The van der Waals surface area contributed by atoms with Gasteiger partial charge < -0.3 is 9.80 Å². The molecule has 2 amide bonds. The van der Waals surface area contributed by atoms with Crippen molar-refractivity contribution in [3.8, 4) is 0 Å². The van der Waals surface area contributed by atoms with E-state index < -0.39 is 5.54 Å². The van der Waals surface area contributed by atoms with Crippen molar-refractivity contribution in [2.24, 2.45) is 0 Å². The normalized spacial score (nSPS) is 22.2. The lowest BCUT2D eigenvalue weighted by Crippen LogP contribution is -2.61. The fourth-order valence-corrected chi connectivity index (χ4v) is 4.62. The third kappa shape index (κ3) is 3.66. The van der Waals surface area contributed by atoms with Gasteiger partial charge in [-0.15, -0.1) is 0 Å². The molecular weight excluding hydrogens is 354 g/mol. The van der Waals surface area contributed by atoms with Crippen LogP contribution in [0, 0.1) is 0 Å². The average Bonchev–Trinajstić information content (AvgIpc) is 3.37. The van der Waals surface area contributed by atoms with E-state index in [1.807, 2.05) is 34.2 Å². The van der Waals surface area contributed by atoms with E-state index in [2.05, 4.69) is 15.2 Å². The van der Waals surface area contributed by atoms with Crippen molar-refractivity contribution in [3.63, 3.8) is 0 Å². The number of nitrogens with zero attached hydrogens (tertiary/aromatic N) is 4. The van der Waals surface area contributed by atoms with Crippen molar-refractivity contribution in [2.45, 2.75) is 57.0 Å². The molecule has 7 nitrogen and oxygen atoms in total. The summed E-state index contributed by atoms with van der Waals surface area (Å²) in [5, 5.41) is 6.74. The number of carbonyl (C=O) groups excluding carboxylic acids is 2. The molecule has 4 heterocycles. The number of amides is 2. The van der Waals surface area contributed by atoms with Crippen LogP contribution in [0.3, 0.4) is 0 Å². The third-order valence-electron chi connectivity index (χ3n) is 5.98. The fourth-order valence-electron chi connectivity index (χ4n) is 4.62. The molecule has 0 radical (unpaired) electrons. The SMILES string of the molecule is O=C(CCCc1cn[nH]c1)N1CCCC12CCCN(Cc1ccccn1)C2=O. The van der Waals surface area contributed by atoms with Crippen LogP contribution in [0.2, 0.25) is 0 Å². The lowest BCUT2D eigenvalue weighted by molar-refractivity contribution is -0.156. The van der Waals surface area contributed by atoms with E-state index in [1.54, 1.807) is 12.4 Å². The van der Waals surface area contributed by atoms with E-state index >= 15 is 0 Å². The van der Waals surface area contributed by atoms with E-state index in [-0.39, 0.29) is 11.8 Å². The molecule has 2 aromatic rings. The van der Waals surface area contributed by atoms with Crippen LogP contribution in [0.4, 0.5) is 0 Å². The Morgan fingerprint density at radius 1 is 1.21 bits per heavy atom. The van der Waals surface area contributed by atoms with Gasteiger partial charge >= 0.3 is 0 Å². The zero-order valence-corrected chi connectivity index (χ0v) is 16.1. The first-order valence-electron chi connectivity index (χ1n) is 10.2. The van der Waals surface area contributed by atoms with E-state index in [4.69, 9.17) is 0 Å². The molecular formula is C21H27N5O2. The summed E-state index contributed by atoms with van der Waals surface area (Å²) >= 11 is 0. The number of aromatic nitrogens is 3. The highest BCUT2D eigenvalue weighted by atomic mass is 16.2. The maximum atomic E-state index is 13.4. The fraction of sp³-hybridized carbons (Fsp3) is 0.524. The summed E-state index contributed by atoms with van der Waals surface area (Å²) in [6.07, 6.45) is 10.9. The summed E-state index contributed by atoms with van der Waals surface area (Å²) in [5.74, 6) is 0.208. The molecule has 0 aliphatic carbocycles. The number of H-pyrrole nitrogens is 1. The Morgan fingerprint density at radius 2 is 2.07 bits per heavy atom. The molecule has 2 aliphatic rings. The van der Waals surface area contributed by atoms with E-state index in [0.29, 0.717) is 19.5 Å². The van der Waals surface area contributed by atoms with Crippen LogP contribution in [-0.4, -0.2) is 55.4 Å². The number of hydrogen-bond donors (Lipinski definition) is 1. The lowest BCUT2D eigenvalue weighted by Gasteiger charge is -2.44. The molecule has 1 unspecified atom stereocenters. The third-order valence-corrected chi connectivity index (χ3v) is 5.98. The minimum Gasteiger partial charge on any atom is -0.335 e. The number of rotatable bonds is 6. The Bertz CT molecular complexity index is 807. The van der Waals surface area contributed by atoms with Gasteiger partial charge in [-0.3, -0.25) is 19.7 Å². The molecule has 1 atom stereocenters. The highest BCUT2D eigenvalue weighted by Gasteiger charge is 2.52. The summed E-state index contributed by atoms with van der Waals surface area (Å²) in [4.78, 5) is 34.5. The summed E-state index contributed by atoms with van der Waals surface area (Å²) < 4.78 is 0. The van der Waals surface area contributed by atoms with E-state index in [9.17, 15) is 9.59 Å². The van der Waals surface area contributed by atoms with Gasteiger partial charge in [-0.05, 0) is 56.2 Å². The van der Waals surface area contributed by atoms with Crippen LogP contribution >= 0.6 is 0 Å². The second-order valence-corrected chi connectivity index (χ2v) is 7.79. The molecule has 2 aliphatic heterocycles. The molecule has 0 aromatic carbocycles. The molecule has 148 valence electrons. The second kappa shape index (κ2) is 8.12. The Balaban J connectivity index is 1.42. The monoisotopic (exact) mass is 381 g/mol. The summed E-state index contributed by atoms with van der Waals surface area (Å²) in [7, 11) is 0. The van der Waals surface area contributed by atoms with Gasteiger partial charge in [0.05, 0.1) is 18.4 Å². The van der Waals surface area contributed by atoms with Crippen molar-refractivity contribution < 1.29 is 9.59 Å².